The van der Waals surface area contributed by atoms with Crippen LogP contribution in [0, 0.1) is 0 Å². The predicted octanol–water partition coefficient (Wildman–Crippen LogP) is 9.14. The number of allylic oxidation sites excluding steroid dienone is 2. The third kappa shape index (κ3) is 28.3. The van der Waals surface area contributed by atoms with Crippen molar-refractivity contribution in [2.45, 2.75) is 243 Å². The normalized spacial score (nSPS) is 22.9. The fourth-order valence-electron chi connectivity index (χ4n) is 7.17. The quantitative estimate of drug-likeness (QED) is 0.0149. The third-order valence-corrected chi connectivity index (χ3v) is 11.9. The van der Waals surface area contributed by atoms with E-state index in [0.29, 0.717) is 13.0 Å². The Bertz CT molecular complexity index is 1000. The summed E-state index contributed by atoms with van der Waals surface area (Å²) in [6.45, 7) is 4.25. The van der Waals surface area contributed by atoms with E-state index >= 15 is 0 Å². The molecule has 1 rings (SSSR count). The molecule has 338 valence electrons. The Morgan fingerprint density at radius 3 is 1.40 bits per heavy atom. The first-order valence-corrected chi connectivity index (χ1v) is 24.5. The molecule has 1 saturated carbocycles. The third-order valence-electron chi connectivity index (χ3n) is 10.9. The fourth-order valence-corrected chi connectivity index (χ4v) is 8.15. The van der Waals surface area contributed by atoms with Crippen LogP contribution in [-0.4, -0.2) is 98.9 Å². The summed E-state index contributed by atoms with van der Waals surface area (Å²) in [5, 5.41) is 50.1. The summed E-state index contributed by atoms with van der Waals surface area (Å²) >= 11 is 0. The second-order valence-electron chi connectivity index (χ2n) is 16.3. The topological polar surface area (TPSA) is 192 Å². The van der Waals surface area contributed by atoms with Crippen LogP contribution in [-0.2, 0) is 27.9 Å². The van der Waals surface area contributed by atoms with Gasteiger partial charge < -0.3 is 39.9 Å². The van der Waals surface area contributed by atoms with Crippen molar-refractivity contribution >= 4 is 13.8 Å². The van der Waals surface area contributed by atoms with Gasteiger partial charge in [0.25, 0.3) is 0 Å². The lowest BCUT2D eigenvalue weighted by atomic mass is 9.85. The number of esters is 1. The predicted molar refractivity (Wildman–Crippen MR) is 226 cm³/mol. The molecule has 6 atom stereocenters. The van der Waals surface area contributed by atoms with Gasteiger partial charge in [-0.2, -0.15) is 0 Å². The summed E-state index contributed by atoms with van der Waals surface area (Å²) in [4.78, 5) is 23.1. The van der Waals surface area contributed by atoms with Crippen molar-refractivity contribution in [1.29, 1.82) is 0 Å². The van der Waals surface area contributed by atoms with Crippen LogP contribution in [0.4, 0.5) is 0 Å². The zero-order chi connectivity index (χ0) is 42.0. The highest BCUT2D eigenvalue weighted by Crippen LogP contribution is 2.47. The molecule has 0 spiro atoms. The van der Waals surface area contributed by atoms with Gasteiger partial charge >= 0.3 is 13.8 Å². The number of aliphatic hydroxyl groups is 5. The lowest BCUT2D eigenvalue weighted by Gasteiger charge is -2.41. The Morgan fingerprint density at radius 1 is 0.544 bits per heavy atom. The number of phosphoric ester groups is 1. The van der Waals surface area contributed by atoms with E-state index in [9.17, 15) is 39.8 Å². The van der Waals surface area contributed by atoms with E-state index in [1.807, 2.05) is 0 Å². The van der Waals surface area contributed by atoms with Crippen LogP contribution in [0.1, 0.15) is 200 Å². The first kappa shape index (κ1) is 54.1. The molecule has 0 aromatic rings. The fraction of sp³-hybridized carbons (Fsp3) is 0.932. The minimum atomic E-state index is -5.01. The first-order chi connectivity index (χ1) is 27.5. The number of rotatable bonds is 39. The maximum atomic E-state index is 12.8. The Hall–Kier alpha value is -0.920. The highest BCUT2D eigenvalue weighted by molar-refractivity contribution is 7.47. The van der Waals surface area contributed by atoms with Gasteiger partial charge in [-0.05, 0) is 38.5 Å². The molecule has 6 N–H and O–H groups in total. The summed E-state index contributed by atoms with van der Waals surface area (Å²) in [5.74, 6) is -0.483. The molecule has 0 bridgehead atoms. The Morgan fingerprint density at radius 2 is 0.930 bits per heavy atom. The molecule has 1 fully saturated rings. The van der Waals surface area contributed by atoms with Gasteiger partial charge in [-0.25, -0.2) is 4.57 Å². The van der Waals surface area contributed by atoms with Gasteiger partial charge in [-0.3, -0.25) is 13.8 Å². The van der Waals surface area contributed by atoms with Crippen LogP contribution in [0.5, 0.6) is 0 Å². The number of unbranched alkanes of at least 4 members (excludes halogenated alkanes) is 25. The SMILES string of the molecule is CCCCCC/C=C\CCCCCCCC(=O)OC(COCCCCCCCCCCCCCCCCCCC)COP(=O)(O)OC1C(O)C(O)C(O)C(O)C1O. The van der Waals surface area contributed by atoms with Crippen LogP contribution in [0.25, 0.3) is 0 Å². The Balaban J connectivity index is 2.38. The van der Waals surface area contributed by atoms with Gasteiger partial charge in [0.15, 0.2) is 0 Å². The zero-order valence-electron chi connectivity index (χ0n) is 35.9. The van der Waals surface area contributed by atoms with Crippen molar-refractivity contribution in [2.75, 3.05) is 19.8 Å². The molecular weight excluding hydrogens is 751 g/mol. The van der Waals surface area contributed by atoms with E-state index in [2.05, 4.69) is 26.0 Å². The maximum Gasteiger partial charge on any atom is 0.472 e. The summed E-state index contributed by atoms with van der Waals surface area (Å²) in [6.07, 6.45) is 25.7. The summed E-state index contributed by atoms with van der Waals surface area (Å²) < 4.78 is 34.1. The number of carbonyl (C=O) groups excluding carboxylic acids is 1. The molecule has 0 saturated heterocycles. The largest absolute Gasteiger partial charge is 0.472 e. The molecule has 0 heterocycles. The summed E-state index contributed by atoms with van der Waals surface area (Å²) in [5.41, 5.74) is 0. The zero-order valence-corrected chi connectivity index (χ0v) is 36.8. The number of hydrogen-bond donors (Lipinski definition) is 6. The van der Waals surface area contributed by atoms with E-state index in [1.165, 1.54) is 116 Å². The highest BCUT2D eigenvalue weighted by atomic mass is 31.2. The van der Waals surface area contributed by atoms with Gasteiger partial charge in [-0.15, -0.1) is 0 Å². The smallest absolute Gasteiger partial charge is 0.457 e. The monoisotopic (exact) mass is 837 g/mol. The molecule has 1 aliphatic carbocycles. The van der Waals surface area contributed by atoms with E-state index < -0.39 is 63.1 Å². The van der Waals surface area contributed by atoms with Crippen molar-refractivity contribution in [3.05, 3.63) is 12.2 Å². The lowest BCUT2D eigenvalue weighted by Crippen LogP contribution is -2.64. The van der Waals surface area contributed by atoms with Crippen LogP contribution in [0.15, 0.2) is 12.2 Å². The molecule has 0 aliphatic heterocycles. The Labute approximate surface area is 346 Å². The molecule has 57 heavy (non-hydrogen) atoms. The number of hydrogen-bond acceptors (Lipinski definition) is 11. The molecular formula is C44H85O12P. The molecule has 0 aromatic heterocycles. The molecule has 0 amide bonds. The van der Waals surface area contributed by atoms with Crippen LogP contribution in [0.2, 0.25) is 0 Å². The standard InChI is InChI=1S/C44H85O12P/c1-3-5-7-9-11-13-15-17-18-19-20-22-24-26-28-30-32-34-53-35-37(36-54-57(51,52)56-44-42(49)40(47)39(46)41(48)43(44)50)55-38(45)33-31-29-27-25-23-21-16-14-12-10-8-6-4-2/h14,16,37,39-44,46-50H,3-13,15,17-36H2,1-2H3,(H,51,52)/b16-14-. The maximum absolute atomic E-state index is 12.8. The first-order valence-electron chi connectivity index (χ1n) is 23.0. The van der Waals surface area contributed by atoms with Crippen LogP contribution in [0.3, 0.4) is 0 Å². The van der Waals surface area contributed by atoms with E-state index in [4.69, 9.17) is 18.5 Å². The van der Waals surface area contributed by atoms with Crippen LogP contribution >= 0.6 is 7.82 Å². The Kier molecular flexibility index (Phi) is 34.0. The average molecular weight is 837 g/mol. The van der Waals surface area contributed by atoms with Gasteiger partial charge in [0.2, 0.25) is 0 Å². The second kappa shape index (κ2) is 35.8. The number of carbonyl (C=O) groups is 1. The minimum Gasteiger partial charge on any atom is -0.457 e. The average Bonchev–Trinajstić information content (AvgIpc) is 3.19. The lowest BCUT2D eigenvalue weighted by molar-refractivity contribution is -0.220. The van der Waals surface area contributed by atoms with Crippen molar-refractivity contribution in [1.82, 2.24) is 0 Å². The molecule has 0 aromatic carbocycles. The molecule has 6 unspecified atom stereocenters. The van der Waals surface area contributed by atoms with Gasteiger partial charge in [0.1, 0.15) is 42.7 Å². The highest BCUT2D eigenvalue weighted by Gasteiger charge is 2.51. The number of phosphoric acid groups is 1. The van der Waals surface area contributed by atoms with Crippen LogP contribution < -0.4 is 0 Å². The molecule has 1 aliphatic rings. The van der Waals surface area contributed by atoms with Crippen molar-refractivity contribution in [3.8, 4) is 0 Å². The van der Waals surface area contributed by atoms with Gasteiger partial charge in [0.05, 0.1) is 13.2 Å². The molecule has 0 radical (unpaired) electrons. The van der Waals surface area contributed by atoms with E-state index in [0.717, 1.165) is 57.8 Å². The molecule has 12 nitrogen and oxygen atoms in total. The number of ether oxygens (including phenoxy) is 2. The summed E-state index contributed by atoms with van der Waals surface area (Å²) in [7, 11) is -5.01. The molecule has 13 heteroatoms. The second-order valence-corrected chi connectivity index (χ2v) is 17.7. The summed E-state index contributed by atoms with van der Waals surface area (Å²) in [6, 6.07) is 0. The van der Waals surface area contributed by atoms with Gasteiger partial charge in [0, 0.05) is 13.0 Å². The number of aliphatic hydroxyl groups excluding tert-OH is 5. The minimum absolute atomic E-state index is 0.0744. The van der Waals surface area contributed by atoms with Gasteiger partial charge in [-0.1, -0.05) is 167 Å². The van der Waals surface area contributed by atoms with Crippen molar-refractivity contribution in [2.24, 2.45) is 0 Å². The van der Waals surface area contributed by atoms with Crippen molar-refractivity contribution in [3.63, 3.8) is 0 Å². The van der Waals surface area contributed by atoms with E-state index in [-0.39, 0.29) is 13.0 Å². The van der Waals surface area contributed by atoms with E-state index in [1.54, 1.807) is 0 Å². The van der Waals surface area contributed by atoms with Crippen molar-refractivity contribution < 1.29 is 58.3 Å².